The first kappa shape index (κ1) is 29.8. The summed E-state index contributed by atoms with van der Waals surface area (Å²) in [6.45, 7) is 9.61. The van der Waals surface area contributed by atoms with Gasteiger partial charge in [0, 0.05) is 32.9 Å². The molecular weight excluding hydrogens is 470 g/mol. The molecule has 0 aliphatic rings. The van der Waals surface area contributed by atoms with Crippen molar-refractivity contribution in [2.45, 2.75) is 71.0 Å². The molecule has 0 saturated carbocycles. The molecule has 5 N–H and O–H groups in total. The molecule has 2 unspecified atom stereocenters. The Morgan fingerprint density at radius 1 is 0.946 bits per heavy atom. The van der Waals surface area contributed by atoms with Crippen LogP contribution in [0.1, 0.15) is 51.3 Å². The van der Waals surface area contributed by atoms with Crippen molar-refractivity contribution < 1.29 is 19.5 Å². The van der Waals surface area contributed by atoms with E-state index in [1.807, 2.05) is 40.7 Å². The molecule has 3 amide bonds. The molecule has 9 nitrogen and oxygen atoms in total. The van der Waals surface area contributed by atoms with Gasteiger partial charge in [-0.2, -0.15) is 0 Å². The number of phenols is 1. The van der Waals surface area contributed by atoms with E-state index in [9.17, 15) is 19.5 Å². The topological polar surface area (TPSA) is 143 Å². The fourth-order valence-corrected chi connectivity index (χ4v) is 4.48. The highest BCUT2D eigenvalue weighted by molar-refractivity contribution is 5.92. The highest BCUT2D eigenvalue weighted by Gasteiger charge is 2.37. The molecule has 0 aliphatic heterocycles. The standard InChI is InChI=1S/C28H41N5O4/c1-17(2)24(33(7)26(36)21(29)15-18-10-12-31-13-11-18)27(37)32(6)22(25(30)35)16-19-8-9-23(34)20(14-19)28(3,4)5/h8-14,17,21-22,24,34H,15-16,29H2,1-7H3,(H2,30,35)/t21?,22?,24-/m0/s1. The van der Waals surface area contributed by atoms with Crippen LogP contribution in [0, 0.1) is 5.92 Å². The molecule has 37 heavy (non-hydrogen) atoms. The Labute approximate surface area is 219 Å². The number of hydrogen-bond acceptors (Lipinski definition) is 6. The van der Waals surface area contributed by atoms with Crippen LogP contribution < -0.4 is 11.5 Å². The second kappa shape index (κ2) is 12.2. The third-order valence-electron chi connectivity index (χ3n) is 6.61. The number of hydrogen-bond donors (Lipinski definition) is 3. The number of pyridine rings is 1. The van der Waals surface area contributed by atoms with Crippen LogP contribution in [-0.2, 0) is 32.6 Å². The molecule has 0 fully saturated rings. The summed E-state index contributed by atoms with van der Waals surface area (Å²) in [5, 5.41) is 10.3. The predicted molar refractivity (Wildman–Crippen MR) is 144 cm³/mol. The van der Waals surface area contributed by atoms with Crippen molar-refractivity contribution >= 4 is 17.7 Å². The summed E-state index contributed by atoms with van der Waals surface area (Å²) in [5.41, 5.74) is 14.0. The van der Waals surface area contributed by atoms with Crippen molar-refractivity contribution in [3.05, 3.63) is 59.4 Å². The molecule has 202 valence electrons. The van der Waals surface area contributed by atoms with Crippen LogP contribution in [0.5, 0.6) is 5.75 Å². The van der Waals surface area contributed by atoms with Crippen molar-refractivity contribution in [3.8, 4) is 5.75 Å². The summed E-state index contributed by atoms with van der Waals surface area (Å²) in [7, 11) is 3.08. The maximum absolute atomic E-state index is 13.7. The van der Waals surface area contributed by atoms with E-state index in [1.54, 1.807) is 43.7 Å². The average Bonchev–Trinajstić information content (AvgIpc) is 2.81. The lowest BCUT2D eigenvalue weighted by Gasteiger charge is -2.36. The number of nitrogens with two attached hydrogens (primary N) is 2. The zero-order chi connectivity index (χ0) is 28.1. The van der Waals surface area contributed by atoms with E-state index < -0.39 is 29.9 Å². The van der Waals surface area contributed by atoms with Gasteiger partial charge in [-0.3, -0.25) is 19.4 Å². The maximum atomic E-state index is 13.7. The number of benzene rings is 1. The van der Waals surface area contributed by atoms with Crippen LogP contribution in [0.4, 0.5) is 0 Å². The fraction of sp³-hybridized carbons (Fsp3) is 0.500. The Hall–Kier alpha value is -3.46. The number of aromatic hydroxyl groups is 1. The number of carbonyl (C=O) groups excluding carboxylic acids is 3. The molecule has 0 aliphatic carbocycles. The zero-order valence-corrected chi connectivity index (χ0v) is 22.9. The number of aromatic nitrogens is 1. The molecule has 9 heteroatoms. The maximum Gasteiger partial charge on any atom is 0.246 e. The summed E-state index contributed by atoms with van der Waals surface area (Å²) in [4.78, 5) is 46.0. The number of amides is 3. The lowest BCUT2D eigenvalue weighted by molar-refractivity contribution is -0.149. The average molecular weight is 512 g/mol. The Morgan fingerprint density at radius 2 is 1.54 bits per heavy atom. The van der Waals surface area contributed by atoms with Crippen molar-refractivity contribution in [2.24, 2.45) is 17.4 Å². The Morgan fingerprint density at radius 3 is 2.05 bits per heavy atom. The minimum Gasteiger partial charge on any atom is -0.508 e. The first-order valence-electron chi connectivity index (χ1n) is 12.4. The van der Waals surface area contributed by atoms with Crippen molar-refractivity contribution in [2.75, 3.05) is 14.1 Å². The molecule has 0 spiro atoms. The van der Waals surface area contributed by atoms with Gasteiger partial charge in [-0.15, -0.1) is 0 Å². The number of primary amides is 1. The van der Waals surface area contributed by atoms with Crippen LogP contribution in [0.15, 0.2) is 42.7 Å². The SMILES string of the molecule is CC(C)[C@@H](C(=O)N(C)C(Cc1ccc(O)c(C(C)(C)C)c1)C(N)=O)N(C)C(=O)C(N)Cc1ccncc1. The number of phenolic OH excluding ortho intramolecular Hbond substituents is 1. The van der Waals surface area contributed by atoms with Crippen LogP contribution in [0.25, 0.3) is 0 Å². The lowest BCUT2D eigenvalue weighted by atomic mass is 9.84. The first-order valence-corrected chi connectivity index (χ1v) is 12.4. The van der Waals surface area contributed by atoms with E-state index in [4.69, 9.17) is 11.5 Å². The minimum absolute atomic E-state index is 0.166. The summed E-state index contributed by atoms with van der Waals surface area (Å²) >= 11 is 0. The quantitative estimate of drug-likeness (QED) is 0.445. The zero-order valence-electron chi connectivity index (χ0n) is 22.9. The molecule has 1 aromatic carbocycles. The molecular formula is C28H41N5O4. The summed E-state index contributed by atoms with van der Waals surface area (Å²) in [6.07, 6.45) is 3.74. The smallest absolute Gasteiger partial charge is 0.246 e. The van der Waals surface area contributed by atoms with E-state index in [2.05, 4.69) is 4.98 Å². The largest absolute Gasteiger partial charge is 0.508 e. The van der Waals surface area contributed by atoms with E-state index in [0.717, 1.165) is 16.7 Å². The second-order valence-electron chi connectivity index (χ2n) is 11.0. The van der Waals surface area contributed by atoms with E-state index >= 15 is 0 Å². The van der Waals surface area contributed by atoms with Gasteiger partial charge in [0.15, 0.2) is 0 Å². The minimum atomic E-state index is -0.944. The Balaban J connectivity index is 2.26. The van der Waals surface area contributed by atoms with Crippen LogP contribution in [0.2, 0.25) is 0 Å². The van der Waals surface area contributed by atoms with Gasteiger partial charge >= 0.3 is 0 Å². The van der Waals surface area contributed by atoms with Crippen molar-refractivity contribution in [1.82, 2.24) is 14.8 Å². The van der Waals surface area contributed by atoms with Gasteiger partial charge in [0.1, 0.15) is 17.8 Å². The monoisotopic (exact) mass is 511 g/mol. The predicted octanol–water partition coefficient (Wildman–Crippen LogP) is 1.99. The molecule has 0 saturated heterocycles. The van der Waals surface area contributed by atoms with Gasteiger partial charge in [0.05, 0.1) is 6.04 Å². The molecule has 2 aromatic rings. The molecule has 1 heterocycles. The first-order chi connectivity index (χ1) is 17.1. The third-order valence-corrected chi connectivity index (χ3v) is 6.61. The number of rotatable bonds is 10. The van der Waals surface area contributed by atoms with Crippen LogP contribution in [-0.4, -0.2) is 69.8 Å². The van der Waals surface area contributed by atoms with Gasteiger partial charge in [-0.1, -0.05) is 46.8 Å². The highest BCUT2D eigenvalue weighted by Crippen LogP contribution is 2.31. The Kier molecular flexibility index (Phi) is 9.80. The molecule has 3 atom stereocenters. The Bertz CT molecular complexity index is 1100. The summed E-state index contributed by atoms with van der Waals surface area (Å²) < 4.78 is 0. The lowest BCUT2D eigenvalue weighted by Crippen LogP contribution is -2.58. The van der Waals surface area contributed by atoms with Crippen molar-refractivity contribution in [1.29, 1.82) is 0 Å². The van der Waals surface area contributed by atoms with Crippen molar-refractivity contribution in [3.63, 3.8) is 0 Å². The van der Waals surface area contributed by atoms with Crippen LogP contribution >= 0.6 is 0 Å². The van der Waals surface area contributed by atoms with Gasteiger partial charge in [-0.25, -0.2) is 0 Å². The van der Waals surface area contributed by atoms with Crippen LogP contribution in [0.3, 0.4) is 0 Å². The molecule has 2 rings (SSSR count). The number of nitrogens with zero attached hydrogens (tertiary/aromatic N) is 3. The number of likely N-dealkylation sites (N-methyl/N-ethyl adjacent to an activating group) is 2. The van der Waals surface area contributed by atoms with E-state index in [0.29, 0.717) is 6.42 Å². The van der Waals surface area contributed by atoms with E-state index in [1.165, 1.54) is 16.8 Å². The van der Waals surface area contributed by atoms with Gasteiger partial charge < -0.3 is 26.4 Å². The van der Waals surface area contributed by atoms with Gasteiger partial charge in [-0.05, 0) is 52.6 Å². The van der Waals surface area contributed by atoms with E-state index in [-0.39, 0.29) is 29.4 Å². The summed E-state index contributed by atoms with van der Waals surface area (Å²) in [5.74, 6) is -1.51. The molecule has 0 bridgehead atoms. The highest BCUT2D eigenvalue weighted by atomic mass is 16.3. The molecule has 0 radical (unpaired) electrons. The normalized spacial score (nSPS) is 14.1. The molecule has 1 aromatic heterocycles. The number of carbonyl (C=O) groups is 3. The van der Waals surface area contributed by atoms with Gasteiger partial charge in [0.25, 0.3) is 0 Å². The van der Waals surface area contributed by atoms with Gasteiger partial charge in [0.2, 0.25) is 17.7 Å². The summed E-state index contributed by atoms with van der Waals surface area (Å²) in [6, 6.07) is 6.09. The second-order valence-corrected chi connectivity index (χ2v) is 11.0. The fourth-order valence-electron chi connectivity index (χ4n) is 4.48. The third kappa shape index (κ3) is 7.52.